The Morgan fingerprint density at radius 1 is 1.18 bits per heavy atom. The number of ether oxygens (including phenoxy) is 1. The molecule has 1 saturated heterocycles. The third kappa shape index (κ3) is 4.01. The molecule has 2 aliphatic rings. The minimum atomic E-state index is -4.42. The van der Waals surface area contributed by atoms with Crippen LogP contribution >= 0.6 is 0 Å². The summed E-state index contributed by atoms with van der Waals surface area (Å²) in [5.41, 5.74) is 0.0505. The fraction of sp³-hybridized carbons (Fsp3) is 0.450. The number of amides is 1. The van der Waals surface area contributed by atoms with Crippen molar-refractivity contribution < 1.29 is 22.7 Å². The van der Waals surface area contributed by atoms with Gasteiger partial charge in [0.15, 0.2) is 0 Å². The lowest BCUT2D eigenvalue weighted by Crippen LogP contribution is -2.46. The van der Waals surface area contributed by atoms with Crippen LogP contribution in [0.1, 0.15) is 59.1 Å². The molecule has 1 aromatic carbocycles. The lowest BCUT2D eigenvalue weighted by molar-refractivity contribution is -0.137. The maximum absolute atomic E-state index is 13.0. The van der Waals surface area contributed by atoms with E-state index in [9.17, 15) is 18.0 Å². The second kappa shape index (κ2) is 7.16. The summed E-state index contributed by atoms with van der Waals surface area (Å²) in [4.78, 5) is 23.0. The van der Waals surface area contributed by atoms with Gasteiger partial charge in [-0.1, -0.05) is 12.1 Å². The lowest BCUT2D eigenvalue weighted by atomic mass is 10.0. The third-order valence-electron chi connectivity index (χ3n) is 4.99. The van der Waals surface area contributed by atoms with E-state index in [2.05, 4.69) is 9.97 Å². The Morgan fingerprint density at radius 2 is 1.89 bits per heavy atom. The van der Waals surface area contributed by atoms with E-state index in [1.165, 1.54) is 18.5 Å². The maximum Gasteiger partial charge on any atom is 0.416 e. The van der Waals surface area contributed by atoms with Crippen molar-refractivity contribution in [1.82, 2.24) is 14.9 Å². The standard InChI is InChI=1S/C20H20F3N3O2/c1-12-10-26(19(27)15-8-24-18(25-9-15)13-5-6-13)11-17(28-12)14-3-2-4-16(7-14)20(21,22)23/h2-4,7-9,12-13,17H,5-6,10-11H2,1H3. The van der Waals surface area contributed by atoms with Gasteiger partial charge in [0.05, 0.1) is 23.8 Å². The van der Waals surface area contributed by atoms with Crippen LogP contribution in [0, 0.1) is 0 Å². The number of hydrogen-bond acceptors (Lipinski definition) is 4. The number of carbonyl (C=O) groups excluding carboxylic acids is 1. The number of morpholine rings is 1. The van der Waals surface area contributed by atoms with Gasteiger partial charge in [0.25, 0.3) is 5.91 Å². The molecule has 0 spiro atoms. The van der Waals surface area contributed by atoms with Crippen LogP contribution in [0.5, 0.6) is 0 Å². The summed E-state index contributed by atoms with van der Waals surface area (Å²) in [5, 5.41) is 0. The summed E-state index contributed by atoms with van der Waals surface area (Å²) in [6.45, 7) is 2.33. The first-order valence-corrected chi connectivity index (χ1v) is 9.25. The fourth-order valence-corrected chi connectivity index (χ4v) is 3.40. The molecule has 2 fully saturated rings. The van der Waals surface area contributed by atoms with Crippen LogP contribution in [0.25, 0.3) is 0 Å². The van der Waals surface area contributed by atoms with Gasteiger partial charge in [-0.15, -0.1) is 0 Å². The van der Waals surface area contributed by atoms with Gasteiger partial charge in [-0.25, -0.2) is 9.97 Å². The second-order valence-electron chi connectivity index (χ2n) is 7.37. The van der Waals surface area contributed by atoms with E-state index >= 15 is 0 Å². The van der Waals surface area contributed by atoms with Crippen molar-refractivity contribution >= 4 is 5.91 Å². The van der Waals surface area contributed by atoms with Crippen molar-refractivity contribution in [3.63, 3.8) is 0 Å². The van der Waals surface area contributed by atoms with Crippen LogP contribution in [0.2, 0.25) is 0 Å². The number of aromatic nitrogens is 2. The van der Waals surface area contributed by atoms with Crippen LogP contribution < -0.4 is 0 Å². The normalized spacial score (nSPS) is 22.9. The molecule has 1 aliphatic carbocycles. The Bertz CT molecular complexity index is 866. The zero-order chi connectivity index (χ0) is 19.9. The molecule has 8 heteroatoms. The smallest absolute Gasteiger partial charge is 0.367 e. The number of nitrogens with zero attached hydrogens (tertiary/aromatic N) is 3. The fourth-order valence-electron chi connectivity index (χ4n) is 3.40. The van der Waals surface area contributed by atoms with E-state index in [0.29, 0.717) is 23.6 Å². The molecule has 4 rings (SSSR count). The van der Waals surface area contributed by atoms with E-state index < -0.39 is 17.8 Å². The van der Waals surface area contributed by atoms with E-state index in [0.717, 1.165) is 30.8 Å². The number of alkyl halides is 3. The van der Waals surface area contributed by atoms with Gasteiger partial charge < -0.3 is 9.64 Å². The van der Waals surface area contributed by atoms with Crippen LogP contribution in [0.3, 0.4) is 0 Å². The Kier molecular flexibility index (Phi) is 4.82. The Labute approximate surface area is 160 Å². The number of hydrogen-bond donors (Lipinski definition) is 0. The molecule has 2 heterocycles. The highest BCUT2D eigenvalue weighted by Gasteiger charge is 2.34. The van der Waals surface area contributed by atoms with Gasteiger partial charge in [-0.2, -0.15) is 13.2 Å². The van der Waals surface area contributed by atoms with E-state index in [-0.39, 0.29) is 18.6 Å². The van der Waals surface area contributed by atoms with E-state index in [4.69, 9.17) is 4.74 Å². The van der Waals surface area contributed by atoms with Crippen LogP contribution in [0.4, 0.5) is 13.2 Å². The number of rotatable bonds is 3. The minimum Gasteiger partial charge on any atom is -0.367 e. The first kappa shape index (κ1) is 18.9. The Morgan fingerprint density at radius 3 is 2.54 bits per heavy atom. The molecule has 148 valence electrons. The molecule has 1 saturated carbocycles. The molecule has 2 atom stereocenters. The van der Waals surface area contributed by atoms with Gasteiger partial charge in [0.1, 0.15) is 11.9 Å². The molecule has 1 aliphatic heterocycles. The van der Waals surface area contributed by atoms with Crippen molar-refractivity contribution in [1.29, 1.82) is 0 Å². The van der Waals surface area contributed by atoms with Crippen LogP contribution in [-0.2, 0) is 10.9 Å². The Hall–Kier alpha value is -2.48. The van der Waals surface area contributed by atoms with Crippen molar-refractivity contribution in [3.8, 4) is 0 Å². The zero-order valence-corrected chi connectivity index (χ0v) is 15.3. The number of benzene rings is 1. The molecule has 2 aromatic rings. The molecule has 0 radical (unpaired) electrons. The molecule has 5 nitrogen and oxygen atoms in total. The van der Waals surface area contributed by atoms with Gasteiger partial charge in [-0.3, -0.25) is 4.79 Å². The van der Waals surface area contributed by atoms with Crippen molar-refractivity contribution in [2.45, 2.75) is 44.1 Å². The van der Waals surface area contributed by atoms with Crippen molar-refractivity contribution in [3.05, 3.63) is 59.2 Å². The summed E-state index contributed by atoms with van der Waals surface area (Å²) < 4.78 is 44.9. The molecule has 0 bridgehead atoms. The summed E-state index contributed by atoms with van der Waals surface area (Å²) in [5.74, 6) is 0.918. The first-order valence-electron chi connectivity index (χ1n) is 9.25. The highest BCUT2D eigenvalue weighted by atomic mass is 19.4. The molecular weight excluding hydrogens is 371 g/mol. The van der Waals surface area contributed by atoms with E-state index in [1.54, 1.807) is 17.9 Å². The highest BCUT2D eigenvalue weighted by Crippen LogP contribution is 2.37. The van der Waals surface area contributed by atoms with Crippen LogP contribution in [0.15, 0.2) is 36.7 Å². The first-order chi connectivity index (χ1) is 13.3. The predicted molar refractivity (Wildman–Crippen MR) is 94.6 cm³/mol. The molecule has 1 aromatic heterocycles. The third-order valence-corrected chi connectivity index (χ3v) is 4.99. The topological polar surface area (TPSA) is 55.3 Å². The highest BCUT2D eigenvalue weighted by molar-refractivity contribution is 5.93. The van der Waals surface area contributed by atoms with E-state index in [1.807, 2.05) is 0 Å². The second-order valence-corrected chi connectivity index (χ2v) is 7.37. The van der Waals surface area contributed by atoms with Gasteiger partial charge in [-0.05, 0) is 37.5 Å². The SMILES string of the molecule is CC1CN(C(=O)c2cnc(C3CC3)nc2)CC(c2cccc(C(F)(F)F)c2)O1. The number of halogens is 3. The lowest BCUT2D eigenvalue weighted by Gasteiger charge is -2.37. The Balaban J connectivity index is 1.52. The zero-order valence-electron chi connectivity index (χ0n) is 15.3. The summed E-state index contributed by atoms with van der Waals surface area (Å²) in [6, 6.07) is 5.06. The molecule has 0 N–H and O–H groups in total. The molecule has 1 amide bonds. The summed E-state index contributed by atoms with van der Waals surface area (Å²) in [7, 11) is 0. The quantitative estimate of drug-likeness (QED) is 0.794. The average Bonchev–Trinajstić information content (AvgIpc) is 3.52. The van der Waals surface area contributed by atoms with Crippen molar-refractivity contribution in [2.75, 3.05) is 13.1 Å². The van der Waals surface area contributed by atoms with Crippen LogP contribution in [-0.4, -0.2) is 40.0 Å². The van der Waals surface area contributed by atoms with Gasteiger partial charge in [0, 0.05) is 24.9 Å². The predicted octanol–water partition coefficient (Wildman–Crippen LogP) is 3.98. The minimum absolute atomic E-state index is 0.175. The summed E-state index contributed by atoms with van der Waals surface area (Å²) in [6.07, 6.45) is -0.137. The largest absolute Gasteiger partial charge is 0.416 e. The van der Waals surface area contributed by atoms with Gasteiger partial charge in [0.2, 0.25) is 0 Å². The number of carbonyl (C=O) groups is 1. The molecule has 28 heavy (non-hydrogen) atoms. The monoisotopic (exact) mass is 391 g/mol. The van der Waals surface area contributed by atoms with Crippen molar-refractivity contribution in [2.24, 2.45) is 0 Å². The summed E-state index contributed by atoms with van der Waals surface area (Å²) >= 11 is 0. The molecule has 2 unspecified atom stereocenters. The maximum atomic E-state index is 13.0. The van der Waals surface area contributed by atoms with Gasteiger partial charge >= 0.3 is 6.18 Å². The average molecular weight is 391 g/mol. The molecular formula is C20H20F3N3O2.